The summed E-state index contributed by atoms with van der Waals surface area (Å²) in [7, 11) is 0. The van der Waals surface area contributed by atoms with E-state index in [2.05, 4.69) is 4.98 Å². The first kappa shape index (κ1) is 14.5. The molecule has 1 aromatic carbocycles. The number of hydrogen-bond acceptors (Lipinski definition) is 4. The number of nitrogens with zero attached hydrogens (tertiary/aromatic N) is 2. The van der Waals surface area contributed by atoms with Crippen molar-refractivity contribution in [3.63, 3.8) is 0 Å². The van der Waals surface area contributed by atoms with Crippen molar-refractivity contribution in [2.24, 2.45) is 0 Å². The number of nitriles is 1. The van der Waals surface area contributed by atoms with E-state index >= 15 is 0 Å². The zero-order valence-corrected chi connectivity index (χ0v) is 12.0. The summed E-state index contributed by atoms with van der Waals surface area (Å²) >= 11 is 0. The molecule has 0 aliphatic carbocycles. The maximum atomic E-state index is 11.3. The standard InChI is InChI=1S/C16H14N2O3/c1-9-4-5-14(12(6-9)16(19)20)21-15-7-10(2)18-11(3)13(15)8-17/h4-7H,1-3H3,(H,19,20). The molecular formula is C16H14N2O3. The molecule has 0 aliphatic rings. The quantitative estimate of drug-likeness (QED) is 0.933. The average Bonchev–Trinajstić information content (AvgIpc) is 2.40. The van der Waals surface area contributed by atoms with Crippen LogP contribution in [-0.4, -0.2) is 16.1 Å². The summed E-state index contributed by atoms with van der Waals surface area (Å²) < 4.78 is 5.67. The predicted molar refractivity (Wildman–Crippen MR) is 76.6 cm³/mol. The van der Waals surface area contributed by atoms with E-state index in [4.69, 9.17) is 4.74 Å². The Kier molecular flexibility index (Phi) is 3.90. The number of hydrogen-bond donors (Lipinski definition) is 1. The molecule has 21 heavy (non-hydrogen) atoms. The zero-order valence-electron chi connectivity index (χ0n) is 12.0. The predicted octanol–water partition coefficient (Wildman–Crippen LogP) is 3.37. The van der Waals surface area contributed by atoms with Gasteiger partial charge in [0.05, 0.1) is 5.69 Å². The number of carbonyl (C=O) groups is 1. The number of carboxylic acids is 1. The van der Waals surface area contributed by atoms with Crippen LogP contribution in [0.25, 0.3) is 0 Å². The highest BCUT2D eigenvalue weighted by Gasteiger charge is 2.16. The van der Waals surface area contributed by atoms with E-state index in [1.54, 1.807) is 39.0 Å². The number of ether oxygens (including phenoxy) is 1. The molecule has 0 fully saturated rings. The highest BCUT2D eigenvalue weighted by molar-refractivity contribution is 5.91. The van der Waals surface area contributed by atoms with Crippen LogP contribution in [0.15, 0.2) is 24.3 Å². The normalized spacial score (nSPS) is 10.0. The third-order valence-corrected chi connectivity index (χ3v) is 2.99. The molecule has 0 saturated carbocycles. The van der Waals surface area contributed by atoms with Gasteiger partial charge >= 0.3 is 5.97 Å². The third-order valence-electron chi connectivity index (χ3n) is 2.99. The first-order valence-electron chi connectivity index (χ1n) is 6.32. The summed E-state index contributed by atoms with van der Waals surface area (Å²) in [6.07, 6.45) is 0. The van der Waals surface area contributed by atoms with Gasteiger partial charge in [-0.2, -0.15) is 5.26 Å². The maximum Gasteiger partial charge on any atom is 0.339 e. The largest absolute Gasteiger partial charge is 0.478 e. The Morgan fingerprint density at radius 1 is 1.24 bits per heavy atom. The van der Waals surface area contributed by atoms with Gasteiger partial charge in [0.15, 0.2) is 0 Å². The molecule has 1 aromatic heterocycles. The molecule has 1 heterocycles. The van der Waals surface area contributed by atoms with Crippen molar-refractivity contribution in [1.82, 2.24) is 4.98 Å². The van der Waals surface area contributed by atoms with Gasteiger partial charge in [0.1, 0.15) is 28.7 Å². The van der Waals surface area contributed by atoms with Crippen LogP contribution >= 0.6 is 0 Å². The summed E-state index contributed by atoms with van der Waals surface area (Å²) in [6.45, 7) is 5.30. The molecule has 0 bridgehead atoms. The van der Waals surface area contributed by atoms with Crippen molar-refractivity contribution >= 4 is 5.97 Å². The second kappa shape index (κ2) is 5.63. The SMILES string of the molecule is Cc1ccc(Oc2cc(C)nc(C)c2C#N)c(C(=O)O)c1. The number of benzene rings is 1. The first-order valence-corrected chi connectivity index (χ1v) is 6.32. The van der Waals surface area contributed by atoms with Crippen molar-refractivity contribution in [3.05, 3.63) is 52.3 Å². The molecule has 0 unspecified atom stereocenters. The van der Waals surface area contributed by atoms with Gasteiger partial charge in [0.2, 0.25) is 0 Å². The van der Waals surface area contributed by atoms with Gasteiger partial charge in [-0.25, -0.2) is 4.79 Å². The van der Waals surface area contributed by atoms with E-state index in [0.29, 0.717) is 22.7 Å². The topological polar surface area (TPSA) is 83.2 Å². The number of carboxylic acid groups (broad SMARTS) is 1. The molecule has 0 saturated heterocycles. The van der Waals surface area contributed by atoms with Crippen LogP contribution in [0.2, 0.25) is 0 Å². The molecule has 5 nitrogen and oxygen atoms in total. The molecule has 0 aliphatic heterocycles. The van der Waals surface area contributed by atoms with Gasteiger partial charge in [-0.3, -0.25) is 4.98 Å². The lowest BCUT2D eigenvalue weighted by atomic mass is 10.1. The minimum absolute atomic E-state index is 0.0611. The minimum atomic E-state index is -1.07. The summed E-state index contributed by atoms with van der Waals surface area (Å²) in [6, 6.07) is 8.54. The molecule has 2 rings (SSSR count). The van der Waals surface area contributed by atoms with Gasteiger partial charge in [0.25, 0.3) is 0 Å². The van der Waals surface area contributed by atoms with Crippen molar-refractivity contribution in [3.8, 4) is 17.6 Å². The lowest BCUT2D eigenvalue weighted by Gasteiger charge is -2.12. The number of pyridine rings is 1. The Morgan fingerprint density at radius 3 is 2.57 bits per heavy atom. The van der Waals surface area contributed by atoms with Crippen LogP contribution in [-0.2, 0) is 0 Å². The smallest absolute Gasteiger partial charge is 0.339 e. The number of aromatic nitrogens is 1. The van der Waals surface area contributed by atoms with Crippen LogP contribution in [0, 0.1) is 32.1 Å². The highest BCUT2D eigenvalue weighted by atomic mass is 16.5. The molecule has 106 valence electrons. The third kappa shape index (κ3) is 3.00. The molecule has 0 spiro atoms. The molecule has 0 atom stereocenters. The fourth-order valence-corrected chi connectivity index (χ4v) is 2.03. The van der Waals surface area contributed by atoms with Gasteiger partial charge in [-0.1, -0.05) is 11.6 Å². The molecule has 0 amide bonds. The summed E-state index contributed by atoms with van der Waals surface area (Å²) in [5.74, 6) is -0.557. The van der Waals surface area contributed by atoms with Gasteiger partial charge < -0.3 is 9.84 Å². The van der Waals surface area contributed by atoms with Crippen molar-refractivity contribution in [2.45, 2.75) is 20.8 Å². The monoisotopic (exact) mass is 282 g/mol. The average molecular weight is 282 g/mol. The fraction of sp³-hybridized carbons (Fsp3) is 0.188. The molecule has 5 heteroatoms. The second-order valence-corrected chi connectivity index (χ2v) is 4.74. The van der Waals surface area contributed by atoms with E-state index in [0.717, 1.165) is 5.56 Å². The van der Waals surface area contributed by atoms with E-state index < -0.39 is 5.97 Å². The maximum absolute atomic E-state index is 11.3. The lowest BCUT2D eigenvalue weighted by Crippen LogP contribution is -2.02. The van der Waals surface area contributed by atoms with E-state index in [1.165, 1.54) is 6.07 Å². The van der Waals surface area contributed by atoms with E-state index in [-0.39, 0.29) is 11.3 Å². The zero-order chi connectivity index (χ0) is 15.6. The van der Waals surface area contributed by atoms with Crippen molar-refractivity contribution in [2.75, 3.05) is 0 Å². The van der Waals surface area contributed by atoms with E-state index in [1.807, 2.05) is 6.07 Å². The highest BCUT2D eigenvalue weighted by Crippen LogP contribution is 2.30. The van der Waals surface area contributed by atoms with Gasteiger partial charge in [0, 0.05) is 11.8 Å². The van der Waals surface area contributed by atoms with Crippen LogP contribution < -0.4 is 4.74 Å². The van der Waals surface area contributed by atoms with Crippen LogP contribution in [0.1, 0.15) is 32.9 Å². The Morgan fingerprint density at radius 2 is 1.95 bits per heavy atom. The number of aromatic carboxylic acids is 1. The molecule has 0 radical (unpaired) electrons. The Bertz CT molecular complexity index is 761. The summed E-state index contributed by atoms with van der Waals surface area (Å²) in [4.78, 5) is 15.5. The van der Waals surface area contributed by atoms with E-state index in [9.17, 15) is 15.2 Å². The Balaban J connectivity index is 2.53. The van der Waals surface area contributed by atoms with Crippen LogP contribution in [0.5, 0.6) is 11.5 Å². The van der Waals surface area contributed by atoms with Crippen LogP contribution in [0.4, 0.5) is 0 Å². The Labute approximate surface area is 122 Å². The first-order chi connectivity index (χ1) is 9.92. The van der Waals surface area contributed by atoms with Crippen molar-refractivity contribution in [1.29, 1.82) is 5.26 Å². The molecule has 2 aromatic rings. The van der Waals surface area contributed by atoms with Crippen LogP contribution in [0.3, 0.4) is 0 Å². The minimum Gasteiger partial charge on any atom is -0.478 e. The Hall–Kier alpha value is -2.87. The summed E-state index contributed by atoms with van der Waals surface area (Å²) in [5, 5.41) is 18.5. The fourth-order valence-electron chi connectivity index (χ4n) is 2.03. The van der Waals surface area contributed by atoms with Gasteiger partial charge in [-0.05, 0) is 32.9 Å². The van der Waals surface area contributed by atoms with Crippen molar-refractivity contribution < 1.29 is 14.6 Å². The number of aryl methyl sites for hydroxylation is 3. The number of rotatable bonds is 3. The van der Waals surface area contributed by atoms with Gasteiger partial charge in [-0.15, -0.1) is 0 Å². The molecule has 1 N–H and O–H groups in total. The molecular weight excluding hydrogens is 268 g/mol. The second-order valence-electron chi connectivity index (χ2n) is 4.74. The lowest BCUT2D eigenvalue weighted by molar-refractivity contribution is 0.0694. The summed E-state index contributed by atoms with van der Waals surface area (Å²) in [5.41, 5.74) is 2.44.